The molecule has 0 fully saturated rings. The molecule has 0 atom stereocenters. The summed E-state index contributed by atoms with van der Waals surface area (Å²) in [6.07, 6.45) is 0. The van der Waals surface area contributed by atoms with Crippen LogP contribution in [0, 0.1) is 32.5 Å². The van der Waals surface area contributed by atoms with Crippen LogP contribution < -0.4 is 5.32 Å². The van der Waals surface area contributed by atoms with Crippen molar-refractivity contribution >= 4 is 0 Å². The first-order valence-electron chi connectivity index (χ1n) is 7.42. The molecule has 0 aliphatic rings. The highest BCUT2D eigenvalue weighted by atomic mass is 19.1. The fraction of sp³-hybridized carbons (Fsp3) is 0.471. The minimum Gasteiger partial charge on any atom is -0.312 e. The molecule has 2 rings (SSSR count). The molecule has 1 aromatic carbocycles. The van der Waals surface area contributed by atoms with Gasteiger partial charge in [0.2, 0.25) is 0 Å². The Kier molecular flexibility index (Phi) is 4.78. The molecule has 1 aromatic heterocycles. The van der Waals surface area contributed by atoms with Crippen LogP contribution in [0.15, 0.2) is 18.2 Å². The lowest BCUT2D eigenvalue weighted by molar-refractivity contribution is 0.548. The third-order valence-electron chi connectivity index (χ3n) is 3.79. The lowest BCUT2D eigenvalue weighted by Crippen LogP contribution is -2.20. The van der Waals surface area contributed by atoms with Gasteiger partial charge in [-0.15, -0.1) is 0 Å². The third kappa shape index (κ3) is 3.50. The number of halogens is 1. The van der Waals surface area contributed by atoms with E-state index < -0.39 is 0 Å². The van der Waals surface area contributed by atoms with E-state index in [4.69, 9.17) is 0 Å². The molecule has 0 unspecified atom stereocenters. The SMILES string of the molecule is Cc1nn(-c2ccc(F)cc2CNCC(C)C)c(C)c1C. The molecule has 3 nitrogen and oxygen atoms in total. The molecule has 1 heterocycles. The van der Waals surface area contributed by atoms with Crippen LogP contribution >= 0.6 is 0 Å². The number of aryl methyl sites for hydroxylation is 1. The molecule has 2 aromatic rings. The average molecular weight is 289 g/mol. The van der Waals surface area contributed by atoms with Crippen molar-refractivity contribution in [2.45, 2.75) is 41.2 Å². The van der Waals surface area contributed by atoms with Crippen molar-refractivity contribution in [1.29, 1.82) is 0 Å². The number of hydrogen-bond donors (Lipinski definition) is 1. The smallest absolute Gasteiger partial charge is 0.123 e. The van der Waals surface area contributed by atoms with Crippen LogP contribution in [0.2, 0.25) is 0 Å². The summed E-state index contributed by atoms with van der Waals surface area (Å²) in [5.41, 5.74) is 5.17. The molecular weight excluding hydrogens is 265 g/mol. The predicted molar refractivity (Wildman–Crippen MR) is 84.3 cm³/mol. The highest BCUT2D eigenvalue weighted by Gasteiger charge is 2.13. The summed E-state index contributed by atoms with van der Waals surface area (Å²) in [6, 6.07) is 4.89. The summed E-state index contributed by atoms with van der Waals surface area (Å²) in [5, 5.41) is 7.95. The molecule has 4 heteroatoms. The van der Waals surface area contributed by atoms with Crippen LogP contribution in [0.1, 0.15) is 36.4 Å². The van der Waals surface area contributed by atoms with Gasteiger partial charge < -0.3 is 5.32 Å². The Morgan fingerprint density at radius 1 is 1.24 bits per heavy atom. The van der Waals surface area contributed by atoms with E-state index in [0.717, 1.165) is 29.2 Å². The van der Waals surface area contributed by atoms with Crippen molar-refractivity contribution in [2.75, 3.05) is 6.54 Å². The number of benzene rings is 1. The van der Waals surface area contributed by atoms with Gasteiger partial charge in [0.25, 0.3) is 0 Å². The molecule has 0 spiro atoms. The van der Waals surface area contributed by atoms with Gasteiger partial charge in [0.05, 0.1) is 11.4 Å². The standard InChI is InChI=1S/C17H24FN3/c1-11(2)9-19-10-15-8-16(18)6-7-17(15)21-14(5)12(3)13(4)20-21/h6-8,11,19H,9-10H2,1-5H3. The van der Waals surface area contributed by atoms with Crippen LogP contribution in [-0.4, -0.2) is 16.3 Å². The van der Waals surface area contributed by atoms with Crippen molar-refractivity contribution in [3.63, 3.8) is 0 Å². The fourth-order valence-electron chi connectivity index (χ4n) is 2.35. The summed E-state index contributed by atoms with van der Waals surface area (Å²) in [6.45, 7) is 12.0. The molecule has 0 bridgehead atoms. The largest absolute Gasteiger partial charge is 0.312 e. The van der Waals surface area contributed by atoms with E-state index in [1.807, 2.05) is 18.5 Å². The number of rotatable bonds is 5. The lowest BCUT2D eigenvalue weighted by atomic mass is 10.1. The number of hydrogen-bond acceptors (Lipinski definition) is 2. The first-order chi connectivity index (χ1) is 9.90. The van der Waals surface area contributed by atoms with E-state index in [-0.39, 0.29) is 5.82 Å². The molecule has 21 heavy (non-hydrogen) atoms. The summed E-state index contributed by atoms with van der Waals surface area (Å²) < 4.78 is 15.5. The Bertz CT molecular complexity index is 629. The lowest BCUT2D eigenvalue weighted by Gasteiger charge is -2.13. The fourth-order valence-corrected chi connectivity index (χ4v) is 2.35. The zero-order valence-electron chi connectivity index (χ0n) is 13.5. The van der Waals surface area contributed by atoms with Crippen LogP contribution in [0.25, 0.3) is 5.69 Å². The molecular formula is C17H24FN3. The first-order valence-corrected chi connectivity index (χ1v) is 7.42. The van der Waals surface area contributed by atoms with Crippen LogP contribution in [0.5, 0.6) is 0 Å². The summed E-state index contributed by atoms with van der Waals surface area (Å²) in [4.78, 5) is 0. The topological polar surface area (TPSA) is 29.9 Å². The van der Waals surface area contributed by atoms with Gasteiger partial charge in [-0.05, 0) is 62.6 Å². The number of aromatic nitrogens is 2. The van der Waals surface area contributed by atoms with Gasteiger partial charge in [0, 0.05) is 12.2 Å². The van der Waals surface area contributed by atoms with E-state index in [0.29, 0.717) is 12.5 Å². The molecule has 0 aliphatic carbocycles. The van der Waals surface area contributed by atoms with Crippen molar-refractivity contribution < 1.29 is 4.39 Å². The van der Waals surface area contributed by atoms with Gasteiger partial charge in [0.15, 0.2) is 0 Å². The monoisotopic (exact) mass is 289 g/mol. The molecule has 0 saturated carbocycles. The third-order valence-corrected chi connectivity index (χ3v) is 3.79. The molecule has 0 aliphatic heterocycles. The maximum Gasteiger partial charge on any atom is 0.123 e. The van der Waals surface area contributed by atoms with Gasteiger partial charge in [-0.1, -0.05) is 13.8 Å². The zero-order chi connectivity index (χ0) is 15.6. The van der Waals surface area contributed by atoms with E-state index >= 15 is 0 Å². The minimum atomic E-state index is -0.210. The molecule has 114 valence electrons. The van der Waals surface area contributed by atoms with Crippen LogP contribution in [0.3, 0.4) is 0 Å². The summed E-state index contributed by atoms with van der Waals surface area (Å²) in [7, 11) is 0. The number of nitrogens with zero attached hydrogens (tertiary/aromatic N) is 2. The summed E-state index contributed by atoms with van der Waals surface area (Å²) >= 11 is 0. The van der Waals surface area contributed by atoms with E-state index in [1.165, 1.54) is 11.6 Å². The van der Waals surface area contributed by atoms with Crippen molar-refractivity contribution in [3.8, 4) is 5.69 Å². The Morgan fingerprint density at radius 2 is 1.95 bits per heavy atom. The normalized spacial score (nSPS) is 11.4. The second-order valence-electron chi connectivity index (χ2n) is 6.01. The Balaban J connectivity index is 2.36. The predicted octanol–water partition coefficient (Wildman–Crippen LogP) is 3.68. The highest BCUT2D eigenvalue weighted by molar-refractivity contribution is 5.43. The molecule has 0 radical (unpaired) electrons. The van der Waals surface area contributed by atoms with E-state index in [1.54, 1.807) is 12.1 Å². The molecule has 1 N–H and O–H groups in total. The summed E-state index contributed by atoms with van der Waals surface area (Å²) in [5.74, 6) is 0.358. The Hall–Kier alpha value is -1.68. The highest BCUT2D eigenvalue weighted by Crippen LogP contribution is 2.21. The second-order valence-corrected chi connectivity index (χ2v) is 6.01. The van der Waals surface area contributed by atoms with Gasteiger partial charge in [-0.25, -0.2) is 9.07 Å². The first kappa shape index (κ1) is 15.7. The molecule has 0 saturated heterocycles. The van der Waals surface area contributed by atoms with Gasteiger partial charge in [-0.3, -0.25) is 0 Å². The second kappa shape index (κ2) is 6.39. The van der Waals surface area contributed by atoms with Gasteiger partial charge in [0.1, 0.15) is 5.82 Å². The Morgan fingerprint density at radius 3 is 2.52 bits per heavy atom. The van der Waals surface area contributed by atoms with Crippen molar-refractivity contribution in [1.82, 2.24) is 15.1 Å². The maximum absolute atomic E-state index is 13.6. The average Bonchev–Trinajstić information content (AvgIpc) is 2.66. The number of nitrogens with one attached hydrogen (secondary N) is 1. The van der Waals surface area contributed by atoms with E-state index in [2.05, 4.69) is 31.2 Å². The zero-order valence-corrected chi connectivity index (χ0v) is 13.5. The van der Waals surface area contributed by atoms with Crippen LogP contribution in [0.4, 0.5) is 4.39 Å². The maximum atomic E-state index is 13.6. The van der Waals surface area contributed by atoms with Gasteiger partial charge in [-0.2, -0.15) is 5.10 Å². The minimum absolute atomic E-state index is 0.210. The van der Waals surface area contributed by atoms with Crippen molar-refractivity contribution in [3.05, 3.63) is 46.5 Å². The van der Waals surface area contributed by atoms with Gasteiger partial charge >= 0.3 is 0 Å². The van der Waals surface area contributed by atoms with Crippen molar-refractivity contribution in [2.24, 2.45) is 5.92 Å². The van der Waals surface area contributed by atoms with E-state index in [9.17, 15) is 4.39 Å². The van der Waals surface area contributed by atoms with Crippen LogP contribution in [-0.2, 0) is 6.54 Å². The molecule has 0 amide bonds. The Labute approximate surface area is 126 Å². The quantitative estimate of drug-likeness (QED) is 0.910.